The van der Waals surface area contributed by atoms with Crippen LogP contribution < -0.4 is 30.0 Å². The predicted molar refractivity (Wildman–Crippen MR) is 56.2 cm³/mol. The Kier molecular flexibility index (Phi) is 3.23. The summed E-state index contributed by atoms with van der Waals surface area (Å²) < 4.78 is 16.9. The molecular weight excluding hydrogens is 218 g/mol. The molecule has 0 spiro atoms. The average molecular weight is 230 g/mol. The number of aromatic amines is 1. The van der Waals surface area contributed by atoms with E-state index in [9.17, 15) is 4.79 Å². The van der Waals surface area contributed by atoms with E-state index in [1.54, 1.807) is 0 Å². The number of nitrogens with zero attached hydrogens (tertiary/aromatic N) is 1. The van der Waals surface area contributed by atoms with Gasteiger partial charge in [0.2, 0.25) is 0 Å². The van der Waals surface area contributed by atoms with Gasteiger partial charge in [0.25, 0.3) is 5.56 Å². The Balaban J connectivity index is 0.00000108. The first-order valence-electron chi connectivity index (χ1n) is 5.22. The molecule has 6 nitrogen and oxygen atoms in total. The second kappa shape index (κ2) is 4.27. The largest absolute Gasteiger partial charge is 1.00 e. The minimum atomic E-state index is -1.95. The van der Waals surface area contributed by atoms with Gasteiger partial charge in [-0.25, -0.2) is 0 Å². The van der Waals surface area contributed by atoms with Gasteiger partial charge in [0, 0.05) is 25.2 Å². The van der Waals surface area contributed by atoms with Crippen molar-refractivity contribution in [3.8, 4) is 0 Å². The Morgan fingerprint density at radius 1 is 1.35 bits per heavy atom. The molecule has 0 atom stereocenters. The van der Waals surface area contributed by atoms with Gasteiger partial charge in [-0.15, -0.1) is 0 Å². The predicted octanol–water partition coefficient (Wildman–Crippen LogP) is -4.00. The van der Waals surface area contributed by atoms with E-state index in [1.165, 1.54) is 12.4 Å². The molecule has 3 aliphatic heterocycles. The second-order valence-electron chi connectivity index (χ2n) is 4.72. The van der Waals surface area contributed by atoms with E-state index in [-0.39, 0.29) is 29.8 Å². The van der Waals surface area contributed by atoms with Crippen LogP contribution in [0.2, 0.25) is 0 Å². The van der Waals surface area contributed by atoms with Gasteiger partial charge < -0.3 is 18.9 Å². The monoisotopic (exact) mass is 230 g/mol. The van der Waals surface area contributed by atoms with Crippen molar-refractivity contribution in [1.29, 1.82) is 0 Å². The zero-order chi connectivity index (χ0) is 11.2. The Hall–Kier alpha value is -0.578. The first-order valence-corrected chi connectivity index (χ1v) is 5.22. The third-order valence-electron chi connectivity index (χ3n) is 3.01. The summed E-state index contributed by atoms with van der Waals surface area (Å²) >= 11 is 0. The maximum absolute atomic E-state index is 10.9. The summed E-state index contributed by atoms with van der Waals surface area (Å²) in [6, 6.07) is 0. The second-order valence-corrected chi connectivity index (χ2v) is 4.72. The van der Waals surface area contributed by atoms with Crippen molar-refractivity contribution in [2.24, 2.45) is 5.41 Å². The van der Waals surface area contributed by atoms with E-state index in [0.717, 1.165) is 0 Å². The van der Waals surface area contributed by atoms with Crippen molar-refractivity contribution in [1.82, 2.24) is 9.97 Å². The third kappa shape index (κ3) is 2.09. The van der Waals surface area contributed by atoms with Crippen LogP contribution in [0.4, 0.5) is 0 Å². The topological polar surface area (TPSA) is 73.4 Å². The number of fused-ring (bicyclic) bond motifs is 3. The van der Waals surface area contributed by atoms with Crippen LogP contribution in [0.5, 0.6) is 0 Å². The molecule has 0 aliphatic carbocycles. The van der Waals surface area contributed by atoms with Gasteiger partial charge in [0.1, 0.15) is 0 Å². The van der Waals surface area contributed by atoms with Gasteiger partial charge in [-0.3, -0.25) is 9.78 Å². The first kappa shape index (κ1) is 12.9. The number of nitrogens with one attached hydrogen (secondary N) is 1. The summed E-state index contributed by atoms with van der Waals surface area (Å²) in [6.07, 6.45) is 2.68. The molecule has 1 N–H and O–H groups in total. The van der Waals surface area contributed by atoms with Crippen molar-refractivity contribution in [2.45, 2.75) is 6.92 Å². The Morgan fingerprint density at radius 3 is 2.41 bits per heavy atom. The fourth-order valence-corrected chi connectivity index (χ4v) is 2.00. The molecule has 2 bridgehead atoms. The summed E-state index contributed by atoms with van der Waals surface area (Å²) in [5.74, 6) is 0. The zero-order valence-electron chi connectivity index (χ0n) is 9.93. The minimum absolute atomic E-state index is 0. The molecule has 3 fully saturated rings. The Bertz CT molecular complexity index is 435. The van der Waals surface area contributed by atoms with Crippen molar-refractivity contribution in [2.75, 3.05) is 19.8 Å². The summed E-state index contributed by atoms with van der Waals surface area (Å²) in [7, 11) is 0. The standard InChI is InChI=1S/C9H12BN2O4.Li/c1-9-4-14-10(15-5-9,16-6-9)7-2-12-8(13)3-11-7;/h2-3H,4-6H2,1H3,(H,12,13);/q-1;+1. The van der Waals surface area contributed by atoms with E-state index in [1.807, 2.05) is 6.92 Å². The van der Waals surface area contributed by atoms with Gasteiger partial charge in [-0.05, 0) is 11.8 Å². The summed E-state index contributed by atoms with van der Waals surface area (Å²) in [5, 5.41) is 0. The third-order valence-corrected chi connectivity index (χ3v) is 3.01. The molecule has 0 aromatic carbocycles. The van der Waals surface area contributed by atoms with Crippen LogP contribution >= 0.6 is 0 Å². The smallest absolute Gasteiger partial charge is 0.539 e. The number of hydrogen-bond acceptors (Lipinski definition) is 5. The van der Waals surface area contributed by atoms with Crippen LogP contribution in [-0.4, -0.2) is 36.5 Å². The number of H-pyrrole nitrogens is 1. The normalized spacial score (nSPS) is 35.4. The summed E-state index contributed by atoms with van der Waals surface area (Å²) in [5.41, 5.74) is 0.180. The van der Waals surface area contributed by atoms with Gasteiger partial charge in [-0.2, -0.15) is 0 Å². The molecule has 3 aliphatic rings. The van der Waals surface area contributed by atoms with E-state index in [0.29, 0.717) is 25.4 Å². The molecule has 86 valence electrons. The number of hydrogen-bond donors (Lipinski definition) is 1. The van der Waals surface area contributed by atoms with Gasteiger partial charge in [0.05, 0.1) is 6.20 Å². The van der Waals surface area contributed by atoms with Gasteiger partial charge >= 0.3 is 25.6 Å². The molecule has 0 radical (unpaired) electrons. The fourth-order valence-electron chi connectivity index (χ4n) is 2.00. The number of aromatic nitrogens is 2. The van der Waals surface area contributed by atoms with Crippen LogP contribution in [-0.2, 0) is 14.0 Å². The maximum atomic E-state index is 10.9. The average Bonchev–Trinajstić information content (AvgIpc) is 2.31. The Labute approximate surface area is 110 Å². The molecule has 1 aromatic heterocycles. The molecule has 4 heterocycles. The van der Waals surface area contributed by atoms with Crippen molar-refractivity contribution in [3.63, 3.8) is 0 Å². The minimum Gasteiger partial charge on any atom is -0.539 e. The fraction of sp³-hybridized carbons (Fsp3) is 0.556. The summed E-state index contributed by atoms with van der Waals surface area (Å²) in [6.45, 7) is 1.87. The summed E-state index contributed by atoms with van der Waals surface area (Å²) in [4.78, 5) is 17.5. The van der Waals surface area contributed by atoms with Crippen LogP contribution in [0.15, 0.2) is 17.2 Å². The van der Waals surface area contributed by atoms with E-state index in [2.05, 4.69) is 9.97 Å². The van der Waals surface area contributed by atoms with Crippen LogP contribution in [0.25, 0.3) is 0 Å². The molecule has 0 saturated carbocycles. The zero-order valence-corrected chi connectivity index (χ0v) is 9.93. The number of rotatable bonds is 1. The molecule has 8 heteroatoms. The molecular formula is C9H12BLiN2O4. The quantitative estimate of drug-likeness (QED) is 0.498. The van der Waals surface area contributed by atoms with Crippen molar-refractivity contribution < 1.29 is 32.8 Å². The molecule has 0 unspecified atom stereocenters. The van der Waals surface area contributed by atoms with E-state index < -0.39 is 6.75 Å². The van der Waals surface area contributed by atoms with E-state index in [4.69, 9.17) is 14.0 Å². The van der Waals surface area contributed by atoms with Crippen molar-refractivity contribution >= 4 is 12.3 Å². The molecule has 17 heavy (non-hydrogen) atoms. The van der Waals surface area contributed by atoms with Crippen LogP contribution in [0.1, 0.15) is 6.92 Å². The first-order chi connectivity index (χ1) is 7.62. The molecule has 3 saturated heterocycles. The molecule has 0 amide bonds. The van der Waals surface area contributed by atoms with Crippen LogP contribution in [0.3, 0.4) is 0 Å². The van der Waals surface area contributed by atoms with Gasteiger partial charge in [-0.1, -0.05) is 6.92 Å². The van der Waals surface area contributed by atoms with Crippen molar-refractivity contribution in [3.05, 3.63) is 22.7 Å². The molecule has 4 rings (SSSR count). The van der Waals surface area contributed by atoms with E-state index >= 15 is 0 Å². The molecule has 1 aromatic rings. The van der Waals surface area contributed by atoms with Crippen LogP contribution in [0, 0.1) is 5.41 Å². The SMILES string of the molecule is CC12CO[B-](c3c[nH]c(=O)cn3)(OC1)OC2.[Li+]. The van der Waals surface area contributed by atoms with Gasteiger partial charge in [0.15, 0.2) is 0 Å². The Morgan fingerprint density at radius 2 is 1.94 bits per heavy atom. The maximum Gasteiger partial charge on any atom is 1.00 e.